The summed E-state index contributed by atoms with van der Waals surface area (Å²) in [6.07, 6.45) is 0. The first-order valence-corrected chi connectivity index (χ1v) is 8.85. The molecule has 2 aromatic rings. The Kier molecular flexibility index (Phi) is 5.25. The van der Waals surface area contributed by atoms with E-state index in [1.807, 2.05) is 6.92 Å². The highest BCUT2D eigenvalue weighted by Crippen LogP contribution is 2.13. The number of thiazole rings is 1. The number of anilines is 1. The number of rotatable bonds is 4. The molecular formula is C16H20N6O2S. The van der Waals surface area contributed by atoms with E-state index in [-0.39, 0.29) is 11.7 Å². The van der Waals surface area contributed by atoms with Gasteiger partial charge in [-0.25, -0.2) is 14.8 Å². The maximum absolute atomic E-state index is 12.3. The second-order valence-electron chi connectivity index (χ2n) is 5.82. The molecular weight excluding hydrogens is 340 g/mol. The van der Waals surface area contributed by atoms with Gasteiger partial charge in [-0.2, -0.15) is 0 Å². The van der Waals surface area contributed by atoms with E-state index in [1.54, 1.807) is 28.4 Å². The number of hydrogen-bond acceptors (Lipinski definition) is 6. The Morgan fingerprint density at radius 3 is 2.64 bits per heavy atom. The Balaban J connectivity index is 1.51. The van der Waals surface area contributed by atoms with Crippen molar-refractivity contribution < 1.29 is 9.59 Å². The fraction of sp³-hybridized carbons (Fsp3) is 0.375. The third-order valence-electron chi connectivity index (χ3n) is 3.95. The Morgan fingerprint density at radius 2 is 2.00 bits per heavy atom. The normalized spacial score (nSPS) is 15.2. The van der Waals surface area contributed by atoms with E-state index in [9.17, 15) is 9.59 Å². The maximum Gasteiger partial charge on any atom is 0.323 e. The highest BCUT2D eigenvalue weighted by Gasteiger charge is 2.22. The largest absolute Gasteiger partial charge is 0.364 e. The number of hydrogen-bond donors (Lipinski definition) is 2. The van der Waals surface area contributed by atoms with Gasteiger partial charge in [0.2, 0.25) is 0 Å². The van der Waals surface area contributed by atoms with Crippen molar-refractivity contribution in [1.29, 1.82) is 0 Å². The number of amides is 3. The molecule has 9 heteroatoms. The number of aryl methyl sites for hydroxylation is 1. The topological polar surface area (TPSA) is 104 Å². The van der Waals surface area contributed by atoms with Crippen LogP contribution in [-0.4, -0.2) is 57.9 Å². The lowest BCUT2D eigenvalue weighted by atomic mass is 10.3. The van der Waals surface area contributed by atoms with Gasteiger partial charge in [0.25, 0.3) is 5.91 Å². The number of primary amides is 1. The summed E-state index contributed by atoms with van der Waals surface area (Å²) in [4.78, 5) is 36.0. The van der Waals surface area contributed by atoms with Gasteiger partial charge in [-0.3, -0.25) is 15.0 Å². The third kappa shape index (κ3) is 4.52. The van der Waals surface area contributed by atoms with Crippen molar-refractivity contribution in [3.8, 4) is 0 Å². The first-order valence-electron chi connectivity index (χ1n) is 7.97. The van der Waals surface area contributed by atoms with Crippen LogP contribution >= 0.6 is 11.3 Å². The molecule has 1 fully saturated rings. The molecule has 1 aliphatic heterocycles. The average Bonchev–Trinajstić information content (AvgIpc) is 3.00. The van der Waals surface area contributed by atoms with Gasteiger partial charge in [-0.1, -0.05) is 6.07 Å². The summed E-state index contributed by atoms with van der Waals surface area (Å²) in [5, 5.41) is 5.86. The van der Waals surface area contributed by atoms with E-state index in [1.165, 1.54) is 6.07 Å². The number of pyridine rings is 1. The summed E-state index contributed by atoms with van der Waals surface area (Å²) in [6.45, 7) is 5.64. The molecule has 8 nitrogen and oxygen atoms in total. The minimum absolute atomic E-state index is 0.126. The molecule has 0 bridgehead atoms. The third-order valence-corrected chi connectivity index (χ3v) is 4.77. The Bertz CT molecular complexity index is 769. The number of urea groups is 1. The second kappa shape index (κ2) is 7.58. The zero-order valence-corrected chi connectivity index (χ0v) is 14.8. The summed E-state index contributed by atoms with van der Waals surface area (Å²) < 4.78 is 0. The lowest BCUT2D eigenvalue weighted by molar-refractivity contribution is 0.0995. The van der Waals surface area contributed by atoms with Crippen molar-refractivity contribution in [1.82, 2.24) is 19.8 Å². The lowest BCUT2D eigenvalue weighted by Gasteiger charge is -2.34. The molecule has 2 aromatic heterocycles. The molecule has 1 saturated heterocycles. The van der Waals surface area contributed by atoms with Gasteiger partial charge in [0, 0.05) is 38.1 Å². The van der Waals surface area contributed by atoms with Crippen LogP contribution in [0.4, 0.5) is 10.6 Å². The van der Waals surface area contributed by atoms with Gasteiger partial charge >= 0.3 is 6.03 Å². The number of carbonyl (C=O) groups excluding carboxylic acids is 2. The van der Waals surface area contributed by atoms with Crippen LogP contribution in [0.15, 0.2) is 23.6 Å². The van der Waals surface area contributed by atoms with Gasteiger partial charge in [0.1, 0.15) is 11.5 Å². The summed E-state index contributed by atoms with van der Waals surface area (Å²) in [6, 6.07) is 4.55. The Labute approximate surface area is 149 Å². The molecule has 0 aliphatic carbocycles. The molecule has 132 valence electrons. The minimum Gasteiger partial charge on any atom is -0.364 e. The molecule has 0 radical (unpaired) electrons. The molecule has 0 spiro atoms. The van der Waals surface area contributed by atoms with Gasteiger partial charge in [0.05, 0.1) is 10.7 Å². The second-order valence-corrected chi connectivity index (χ2v) is 6.89. The molecule has 0 aromatic carbocycles. The van der Waals surface area contributed by atoms with Gasteiger partial charge in [-0.15, -0.1) is 11.3 Å². The van der Waals surface area contributed by atoms with E-state index in [0.29, 0.717) is 18.9 Å². The van der Waals surface area contributed by atoms with Crippen LogP contribution < -0.4 is 11.1 Å². The van der Waals surface area contributed by atoms with Crippen molar-refractivity contribution in [3.05, 3.63) is 40.0 Å². The van der Waals surface area contributed by atoms with Crippen molar-refractivity contribution >= 4 is 29.1 Å². The predicted molar refractivity (Wildman–Crippen MR) is 95.5 cm³/mol. The highest BCUT2D eigenvalue weighted by molar-refractivity contribution is 7.09. The first kappa shape index (κ1) is 17.3. The molecule has 3 N–H and O–H groups in total. The Morgan fingerprint density at radius 1 is 1.24 bits per heavy atom. The zero-order chi connectivity index (χ0) is 17.8. The number of nitrogens with zero attached hydrogens (tertiary/aromatic N) is 4. The number of nitrogens with two attached hydrogens (primary N) is 1. The van der Waals surface area contributed by atoms with Crippen molar-refractivity contribution in [2.45, 2.75) is 13.5 Å². The van der Waals surface area contributed by atoms with Gasteiger partial charge in [-0.05, 0) is 19.1 Å². The van der Waals surface area contributed by atoms with Crippen LogP contribution in [-0.2, 0) is 6.54 Å². The number of piperazine rings is 1. The SMILES string of the molecule is Cc1nc(CN2CCN(C(=O)Nc3cccc(C(N)=O)n3)CC2)cs1. The van der Waals surface area contributed by atoms with E-state index in [0.717, 1.165) is 30.3 Å². The van der Waals surface area contributed by atoms with Crippen molar-refractivity contribution in [2.24, 2.45) is 5.73 Å². The van der Waals surface area contributed by atoms with E-state index >= 15 is 0 Å². The molecule has 25 heavy (non-hydrogen) atoms. The summed E-state index contributed by atoms with van der Waals surface area (Å²) in [7, 11) is 0. The standard InChI is InChI=1S/C16H20N6O2S/c1-11-18-12(10-25-11)9-21-5-7-22(8-6-21)16(24)20-14-4-2-3-13(19-14)15(17)23/h2-4,10H,5-9H2,1H3,(H2,17,23)(H,19,20,24). The fourth-order valence-corrected chi connectivity index (χ4v) is 3.25. The summed E-state index contributed by atoms with van der Waals surface area (Å²) >= 11 is 1.65. The summed E-state index contributed by atoms with van der Waals surface area (Å²) in [5.41, 5.74) is 6.40. The molecule has 0 unspecified atom stereocenters. The highest BCUT2D eigenvalue weighted by atomic mass is 32.1. The molecule has 3 rings (SSSR count). The molecule has 0 atom stereocenters. The number of nitrogens with one attached hydrogen (secondary N) is 1. The molecule has 3 heterocycles. The van der Waals surface area contributed by atoms with Crippen LogP contribution in [0.2, 0.25) is 0 Å². The molecule has 1 aliphatic rings. The van der Waals surface area contributed by atoms with Crippen LogP contribution in [0, 0.1) is 6.92 Å². The van der Waals surface area contributed by atoms with Crippen LogP contribution in [0.25, 0.3) is 0 Å². The van der Waals surface area contributed by atoms with Gasteiger partial charge in [0.15, 0.2) is 0 Å². The van der Waals surface area contributed by atoms with Crippen molar-refractivity contribution in [3.63, 3.8) is 0 Å². The first-order chi connectivity index (χ1) is 12.0. The van der Waals surface area contributed by atoms with E-state index in [4.69, 9.17) is 5.73 Å². The number of aromatic nitrogens is 2. The van der Waals surface area contributed by atoms with Crippen LogP contribution in [0.3, 0.4) is 0 Å². The number of carbonyl (C=O) groups is 2. The van der Waals surface area contributed by atoms with Gasteiger partial charge < -0.3 is 10.6 Å². The predicted octanol–water partition coefficient (Wildman–Crippen LogP) is 1.30. The summed E-state index contributed by atoms with van der Waals surface area (Å²) in [5.74, 6) is -0.302. The monoisotopic (exact) mass is 360 g/mol. The van der Waals surface area contributed by atoms with E-state index in [2.05, 4.69) is 25.6 Å². The lowest BCUT2D eigenvalue weighted by Crippen LogP contribution is -2.49. The Hall–Kier alpha value is -2.52. The fourth-order valence-electron chi connectivity index (χ4n) is 2.65. The van der Waals surface area contributed by atoms with E-state index < -0.39 is 5.91 Å². The molecule has 3 amide bonds. The minimum atomic E-state index is -0.623. The quantitative estimate of drug-likeness (QED) is 0.855. The van der Waals surface area contributed by atoms with Crippen molar-refractivity contribution in [2.75, 3.05) is 31.5 Å². The zero-order valence-electron chi connectivity index (χ0n) is 13.9. The maximum atomic E-state index is 12.3. The molecule has 0 saturated carbocycles. The van der Waals surface area contributed by atoms with Crippen LogP contribution in [0.1, 0.15) is 21.2 Å². The smallest absolute Gasteiger partial charge is 0.323 e. The van der Waals surface area contributed by atoms with Crippen LogP contribution in [0.5, 0.6) is 0 Å². The average molecular weight is 360 g/mol.